The first kappa shape index (κ1) is 24.5. The third kappa shape index (κ3) is 6.27. The number of rotatable bonds is 8. The molecular weight excluding hydrogens is 462 g/mol. The van der Waals surface area contributed by atoms with E-state index >= 15 is 0 Å². The lowest BCUT2D eigenvalue weighted by molar-refractivity contribution is -0.126. The summed E-state index contributed by atoms with van der Waals surface area (Å²) in [5.74, 6) is 0.539. The summed E-state index contributed by atoms with van der Waals surface area (Å²) in [6.45, 7) is 1.47. The highest BCUT2D eigenvalue weighted by Crippen LogP contribution is 2.24. The van der Waals surface area contributed by atoms with E-state index in [2.05, 4.69) is 5.32 Å². The van der Waals surface area contributed by atoms with Crippen molar-refractivity contribution in [2.75, 3.05) is 13.1 Å². The number of hydrogen-bond acceptors (Lipinski definition) is 5. The lowest BCUT2D eigenvalue weighted by Crippen LogP contribution is -2.42. The molecule has 1 amide bonds. The van der Waals surface area contributed by atoms with Gasteiger partial charge in [0.25, 0.3) is 0 Å². The number of carbonyl (C=O) groups is 1. The van der Waals surface area contributed by atoms with Crippen LogP contribution in [0.2, 0.25) is 0 Å². The van der Waals surface area contributed by atoms with E-state index in [9.17, 15) is 13.2 Å². The Hall–Kier alpha value is -3.67. The third-order valence-corrected chi connectivity index (χ3v) is 8.00. The smallest absolute Gasteiger partial charge is 0.243 e. The van der Waals surface area contributed by atoms with Gasteiger partial charge in [0.2, 0.25) is 15.9 Å². The second-order valence-electron chi connectivity index (χ2n) is 8.45. The van der Waals surface area contributed by atoms with E-state index < -0.39 is 10.0 Å². The molecule has 1 heterocycles. The zero-order valence-electron chi connectivity index (χ0n) is 19.3. The number of sulfonamides is 1. The van der Waals surface area contributed by atoms with Crippen LogP contribution in [0.3, 0.4) is 0 Å². The standard InChI is InChI=1S/C27H27N3O4S/c28-18-21-10-12-26(13-11-21)35(32,33)30-16-14-24(15-17-30)27(31)29-19-22-6-8-23(9-7-22)20-34-25-4-2-1-3-5-25/h1-13,24H,14-17,19-20H2,(H,29,31). The van der Waals surface area contributed by atoms with Crippen LogP contribution in [-0.4, -0.2) is 31.7 Å². The highest BCUT2D eigenvalue weighted by Gasteiger charge is 2.32. The number of para-hydroxylation sites is 1. The van der Waals surface area contributed by atoms with Gasteiger partial charge in [-0.1, -0.05) is 42.5 Å². The van der Waals surface area contributed by atoms with Gasteiger partial charge in [0.1, 0.15) is 12.4 Å². The monoisotopic (exact) mass is 489 g/mol. The van der Waals surface area contributed by atoms with Crippen molar-refractivity contribution in [3.05, 3.63) is 95.6 Å². The normalized spacial score (nSPS) is 14.7. The Morgan fingerprint density at radius 3 is 2.20 bits per heavy atom. The van der Waals surface area contributed by atoms with E-state index in [-0.39, 0.29) is 29.8 Å². The Morgan fingerprint density at radius 2 is 1.57 bits per heavy atom. The Labute approximate surface area is 206 Å². The maximum absolute atomic E-state index is 12.9. The first-order valence-corrected chi connectivity index (χ1v) is 12.9. The molecule has 1 aliphatic heterocycles. The molecule has 0 aliphatic carbocycles. The van der Waals surface area contributed by atoms with E-state index in [0.717, 1.165) is 16.9 Å². The van der Waals surface area contributed by atoms with Crippen molar-refractivity contribution in [1.29, 1.82) is 5.26 Å². The Morgan fingerprint density at radius 1 is 0.943 bits per heavy atom. The number of amides is 1. The molecule has 0 saturated carbocycles. The summed E-state index contributed by atoms with van der Waals surface area (Å²) in [6.07, 6.45) is 0.939. The maximum atomic E-state index is 12.9. The van der Waals surface area contributed by atoms with E-state index in [1.54, 1.807) is 0 Å². The fourth-order valence-corrected chi connectivity index (χ4v) is 5.45. The molecule has 4 rings (SSSR count). The molecule has 1 saturated heterocycles. The molecule has 0 bridgehead atoms. The molecule has 0 unspecified atom stereocenters. The fraction of sp³-hybridized carbons (Fsp3) is 0.259. The van der Waals surface area contributed by atoms with Gasteiger partial charge in [-0.05, 0) is 60.4 Å². The minimum atomic E-state index is -3.64. The first-order chi connectivity index (χ1) is 17.0. The molecule has 0 atom stereocenters. The average Bonchev–Trinajstić information content (AvgIpc) is 2.92. The molecule has 1 N–H and O–H groups in total. The van der Waals surface area contributed by atoms with Crippen molar-refractivity contribution in [2.45, 2.75) is 30.9 Å². The van der Waals surface area contributed by atoms with Crippen LogP contribution in [0, 0.1) is 17.2 Å². The summed E-state index contributed by atoms with van der Waals surface area (Å²) in [4.78, 5) is 12.8. The van der Waals surface area contributed by atoms with E-state index in [1.165, 1.54) is 28.6 Å². The molecule has 3 aromatic rings. The van der Waals surface area contributed by atoms with Crippen LogP contribution < -0.4 is 10.1 Å². The number of nitrogens with one attached hydrogen (secondary N) is 1. The SMILES string of the molecule is N#Cc1ccc(S(=O)(=O)N2CCC(C(=O)NCc3ccc(COc4ccccc4)cc3)CC2)cc1. The zero-order valence-corrected chi connectivity index (χ0v) is 20.1. The van der Waals surface area contributed by atoms with Gasteiger partial charge in [0, 0.05) is 25.6 Å². The number of hydrogen-bond donors (Lipinski definition) is 1. The first-order valence-electron chi connectivity index (χ1n) is 11.5. The van der Waals surface area contributed by atoms with Gasteiger partial charge in [-0.25, -0.2) is 8.42 Å². The van der Waals surface area contributed by atoms with Gasteiger partial charge in [0.15, 0.2) is 0 Å². The van der Waals surface area contributed by atoms with Gasteiger partial charge in [-0.15, -0.1) is 0 Å². The molecule has 7 nitrogen and oxygen atoms in total. The summed E-state index contributed by atoms with van der Waals surface area (Å²) >= 11 is 0. The molecule has 1 fully saturated rings. The number of piperidine rings is 1. The number of nitrogens with zero attached hydrogens (tertiary/aromatic N) is 2. The number of carbonyl (C=O) groups excluding carboxylic acids is 1. The topological polar surface area (TPSA) is 99.5 Å². The molecule has 8 heteroatoms. The summed E-state index contributed by atoms with van der Waals surface area (Å²) < 4.78 is 32.9. The largest absolute Gasteiger partial charge is 0.489 e. The molecular formula is C27H27N3O4S. The molecule has 0 radical (unpaired) electrons. The van der Waals surface area contributed by atoms with E-state index in [0.29, 0.717) is 31.6 Å². The van der Waals surface area contributed by atoms with Gasteiger partial charge in [-0.2, -0.15) is 9.57 Å². The van der Waals surface area contributed by atoms with Crippen molar-refractivity contribution in [3.63, 3.8) is 0 Å². The Bertz CT molecular complexity index is 1280. The van der Waals surface area contributed by atoms with Crippen LogP contribution in [0.25, 0.3) is 0 Å². The minimum absolute atomic E-state index is 0.0584. The number of ether oxygens (including phenoxy) is 1. The van der Waals surface area contributed by atoms with E-state index in [1.807, 2.05) is 60.7 Å². The summed E-state index contributed by atoms with van der Waals surface area (Å²) in [5.41, 5.74) is 2.44. The van der Waals surface area contributed by atoms with Crippen molar-refractivity contribution in [3.8, 4) is 11.8 Å². The van der Waals surface area contributed by atoms with Gasteiger partial charge in [-0.3, -0.25) is 4.79 Å². The second-order valence-corrected chi connectivity index (χ2v) is 10.4. The van der Waals surface area contributed by atoms with Crippen LogP contribution in [-0.2, 0) is 28.0 Å². The number of nitriles is 1. The maximum Gasteiger partial charge on any atom is 0.243 e. The Balaban J connectivity index is 1.23. The lowest BCUT2D eigenvalue weighted by Gasteiger charge is -2.30. The average molecular weight is 490 g/mol. The van der Waals surface area contributed by atoms with E-state index in [4.69, 9.17) is 10.00 Å². The zero-order chi connectivity index (χ0) is 24.7. The Kier molecular flexibility index (Phi) is 7.80. The quantitative estimate of drug-likeness (QED) is 0.518. The van der Waals surface area contributed by atoms with Gasteiger partial charge >= 0.3 is 0 Å². The predicted molar refractivity (Wildman–Crippen MR) is 132 cm³/mol. The third-order valence-electron chi connectivity index (χ3n) is 6.08. The second kappa shape index (κ2) is 11.2. The minimum Gasteiger partial charge on any atom is -0.489 e. The van der Waals surface area contributed by atoms with Crippen molar-refractivity contribution in [2.24, 2.45) is 5.92 Å². The molecule has 0 spiro atoms. The van der Waals surface area contributed by atoms with Crippen LogP contribution in [0.4, 0.5) is 0 Å². The van der Waals surface area contributed by atoms with Crippen LogP contribution in [0.5, 0.6) is 5.75 Å². The summed E-state index contributed by atoms with van der Waals surface area (Å²) in [6, 6.07) is 25.4. The highest BCUT2D eigenvalue weighted by molar-refractivity contribution is 7.89. The van der Waals surface area contributed by atoms with Gasteiger partial charge < -0.3 is 10.1 Å². The van der Waals surface area contributed by atoms with Gasteiger partial charge in [0.05, 0.1) is 16.5 Å². The van der Waals surface area contributed by atoms with Crippen LogP contribution >= 0.6 is 0 Å². The van der Waals surface area contributed by atoms with Crippen molar-refractivity contribution in [1.82, 2.24) is 9.62 Å². The van der Waals surface area contributed by atoms with Crippen LogP contribution in [0.15, 0.2) is 83.8 Å². The summed E-state index contributed by atoms with van der Waals surface area (Å²) in [7, 11) is -3.64. The number of benzene rings is 3. The van der Waals surface area contributed by atoms with Crippen molar-refractivity contribution < 1.29 is 17.9 Å². The molecule has 0 aromatic heterocycles. The summed E-state index contributed by atoms with van der Waals surface area (Å²) in [5, 5.41) is 11.9. The van der Waals surface area contributed by atoms with Crippen LogP contribution in [0.1, 0.15) is 29.5 Å². The molecule has 180 valence electrons. The van der Waals surface area contributed by atoms with Crippen molar-refractivity contribution >= 4 is 15.9 Å². The fourth-order valence-electron chi connectivity index (χ4n) is 3.98. The lowest BCUT2D eigenvalue weighted by atomic mass is 9.97. The predicted octanol–water partition coefficient (Wildman–Crippen LogP) is 3.85. The molecule has 1 aliphatic rings. The highest BCUT2D eigenvalue weighted by atomic mass is 32.2. The molecule has 35 heavy (non-hydrogen) atoms. The molecule has 3 aromatic carbocycles.